The fraction of sp³-hybridized carbons (Fsp3) is 0.391. The van der Waals surface area contributed by atoms with Gasteiger partial charge in [-0.15, -0.1) is 0 Å². The maximum atomic E-state index is 12.6. The normalized spacial score (nSPS) is 16.3. The molecule has 1 aliphatic carbocycles. The third-order valence-corrected chi connectivity index (χ3v) is 5.49. The Morgan fingerprint density at radius 1 is 1.25 bits per heavy atom. The number of nitrogens with zero attached hydrogens (tertiary/aromatic N) is 2. The molecule has 9 heteroatoms. The number of hydrogen-bond acceptors (Lipinski definition) is 8. The molecule has 9 nitrogen and oxygen atoms in total. The second-order valence-electron chi connectivity index (χ2n) is 7.88. The number of ether oxygens (including phenoxy) is 2. The summed E-state index contributed by atoms with van der Waals surface area (Å²) in [5.74, 6) is 0.534. The predicted octanol–water partition coefficient (Wildman–Crippen LogP) is 2.45. The summed E-state index contributed by atoms with van der Waals surface area (Å²) in [4.78, 5) is 28.9. The standard InChI is InChI=1S/C23H26N4O5/c1-4-30-22(29)23(9-10-23)26-21(28)17-7-8-19(25-12-17)31-13-18-15(3)32-27-20(18)16-6-5-14(2)24-11-16/h5-8,11,25H,4,9-10,12-13H2,1-3H3,(H,26,28). The number of pyridine rings is 1. The molecule has 1 amide bonds. The summed E-state index contributed by atoms with van der Waals surface area (Å²) in [6, 6.07) is 3.86. The van der Waals surface area contributed by atoms with Crippen LogP contribution in [0.5, 0.6) is 0 Å². The summed E-state index contributed by atoms with van der Waals surface area (Å²) in [5.41, 5.74) is 2.93. The summed E-state index contributed by atoms with van der Waals surface area (Å²) < 4.78 is 16.3. The van der Waals surface area contributed by atoms with Gasteiger partial charge in [0.1, 0.15) is 23.6 Å². The zero-order valence-corrected chi connectivity index (χ0v) is 18.4. The second-order valence-corrected chi connectivity index (χ2v) is 7.88. The Morgan fingerprint density at radius 3 is 2.69 bits per heavy atom. The molecule has 1 fully saturated rings. The minimum atomic E-state index is -0.874. The zero-order chi connectivity index (χ0) is 22.7. The molecule has 0 unspecified atom stereocenters. The maximum absolute atomic E-state index is 12.6. The maximum Gasteiger partial charge on any atom is 0.331 e. The number of carbonyl (C=O) groups excluding carboxylic acids is 2. The third-order valence-electron chi connectivity index (χ3n) is 5.49. The Labute approximate surface area is 185 Å². The van der Waals surface area contributed by atoms with E-state index < -0.39 is 5.54 Å². The van der Waals surface area contributed by atoms with Crippen LogP contribution in [0.25, 0.3) is 11.3 Å². The SMILES string of the molecule is CCOC(=O)C1(NC(=O)C2=CC=C(OCc3c(-c4ccc(C)nc4)noc3C)NC2)CC1. The lowest BCUT2D eigenvalue weighted by Crippen LogP contribution is -2.46. The van der Waals surface area contributed by atoms with Gasteiger partial charge in [0.15, 0.2) is 5.88 Å². The van der Waals surface area contributed by atoms with Crippen LogP contribution >= 0.6 is 0 Å². The van der Waals surface area contributed by atoms with Gasteiger partial charge in [-0.25, -0.2) is 4.79 Å². The first-order valence-electron chi connectivity index (χ1n) is 10.6. The molecule has 0 aromatic carbocycles. The highest BCUT2D eigenvalue weighted by atomic mass is 16.5. The van der Waals surface area contributed by atoms with Crippen molar-refractivity contribution in [3.63, 3.8) is 0 Å². The van der Waals surface area contributed by atoms with Crippen molar-refractivity contribution >= 4 is 11.9 Å². The van der Waals surface area contributed by atoms with E-state index in [0.717, 1.165) is 16.8 Å². The number of allylic oxidation sites excluding steroid dienone is 2. The van der Waals surface area contributed by atoms with E-state index in [1.807, 2.05) is 26.0 Å². The zero-order valence-electron chi connectivity index (χ0n) is 18.4. The quantitative estimate of drug-likeness (QED) is 0.604. The van der Waals surface area contributed by atoms with Crippen LogP contribution in [-0.2, 0) is 25.7 Å². The van der Waals surface area contributed by atoms with Gasteiger partial charge in [-0.1, -0.05) is 5.16 Å². The number of dihydropyridines is 1. The van der Waals surface area contributed by atoms with Gasteiger partial charge in [-0.2, -0.15) is 0 Å². The highest BCUT2D eigenvalue weighted by Crippen LogP contribution is 2.37. The third kappa shape index (κ3) is 4.51. The van der Waals surface area contributed by atoms with E-state index in [-0.39, 0.29) is 31.6 Å². The van der Waals surface area contributed by atoms with Crippen molar-refractivity contribution in [2.45, 2.75) is 45.8 Å². The number of carbonyl (C=O) groups is 2. The van der Waals surface area contributed by atoms with Crippen molar-refractivity contribution in [2.75, 3.05) is 13.2 Å². The average molecular weight is 438 g/mol. The summed E-state index contributed by atoms with van der Waals surface area (Å²) in [6.07, 6.45) is 6.33. The minimum Gasteiger partial charge on any atom is -0.474 e. The Hall–Kier alpha value is -3.62. The van der Waals surface area contributed by atoms with Gasteiger partial charge in [0.05, 0.1) is 12.2 Å². The van der Waals surface area contributed by atoms with Crippen molar-refractivity contribution < 1.29 is 23.6 Å². The molecule has 0 bridgehead atoms. The molecular formula is C23H26N4O5. The van der Waals surface area contributed by atoms with Gasteiger partial charge in [-0.05, 0) is 57.9 Å². The number of nitrogens with one attached hydrogen (secondary N) is 2. The van der Waals surface area contributed by atoms with Crippen LogP contribution in [0.15, 0.2) is 46.5 Å². The van der Waals surface area contributed by atoms with E-state index in [9.17, 15) is 9.59 Å². The fourth-order valence-electron chi connectivity index (χ4n) is 3.35. The highest BCUT2D eigenvalue weighted by molar-refractivity contribution is 5.99. The van der Waals surface area contributed by atoms with E-state index in [1.165, 1.54) is 0 Å². The van der Waals surface area contributed by atoms with Crippen molar-refractivity contribution in [3.05, 3.63) is 59.0 Å². The summed E-state index contributed by atoms with van der Waals surface area (Å²) >= 11 is 0. The Kier molecular flexibility index (Phi) is 5.98. The first kappa shape index (κ1) is 21.6. The molecule has 2 N–H and O–H groups in total. The lowest BCUT2D eigenvalue weighted by atomic mass is 10.1. The summed E-state index contributed by atoms with van der Waals surface area (Å²) in [7, 11) is 0. The first-order chi connectivity index (χ1) is 15.4. The first-order valence-corrected chi connectivity index (χ1v) is 10.6. The summed E-state index contributed by atoms with van der Waals surface area (Å²) in [5, 5.41) is 10.0. The van der Waals surface area contributed by atoms with Crippen LogP contribution in [0.1, 0.15) is 36.8 Å². The van der Waals surface area contributed by atoms with Gasteiger partial charge in [0.25, 0.3) is 0 Å². The van der Waals surface area contributed by atoms with Crippen molar-refractivity contribution in [1.82, 2.24) is 20.8 Å². The van der Waals surface area contributed by atoms with Crippen LogP contribution in [0.3, 0.4) is 0 Å². The lowest BCUT2D eigenvalue weighted by Gasteiger charge is -2.20. The average Bonchev–Trinajstić information content (AvgIpc) is 3.48. The van der Waals surface area contributed by atoms with Gasteiger partial charge in [-0.3, -0.25) is 9.78 Å². The highest BCUT2D eigenvalue weighted by Gasteiger charge is 2.52. The van der Waals surface area contributed by atoms with E-state index in [1.54, 1.807) is 25.3 Å². The topological polar surface area (TPSA) is 116 Å². The van der Waals surface area contributed by atoms with Crippen LogP contribution in [0.4, 0.5) is 0 Å². The monoisotopic (exact) mass is 438 g/mol. The number of amides is 1. The number of hydrogen-bond donors (Lipinski definition) is 2. The van der Waals surface area contributed by atoms with Gasteiger partial charge in [0.2, 0.25) is 5.91 Å². The molecule has 0 radical (unpaired) electrons. The minimum absolute atomic E-state index is 0.249. The molecule has 1 saturated carbocycles. The lowest BCUT2D eigenvalue weighted by molar-refractivity contribution is -0.148. The van der Waals surface area contributed by atoms with Gasteiger partial charge >= 0.3 is 5.97 Å². The Morgan fingerprint density at radius 2 is 2.06 bits per heavy atom. The fourth-order valence-corrected chi connectivity index (χ4v) is 3.35. The molecule has 32 heavy (non-hydrogen) atoms. The van der Waals surface area contributed by atoms with Gasteiger partial charge in [0, 0.05) is 29.6 Å². The van der Waals surface area contributed by atoms with Crippen molar-refractivity contribution in [2.24, 2.45) is 0 Å². The number of aryl methyl sites for hydroxylation is 2. The van der Waals surface area contributed by atoms with E-state index >= 15 is 0 Å². The molecule has 2 aromatic rings. The molecule has 0 atom stereocenters. The molecule has 1 aliphatic heterocycles. The molecule has 3 heterocycles. The molecule has 0 spiro atoms. The second kappa shape index (κ2) is 8.86. The van der Waals surface area contributed by atoms with Crippen LogP contribution in [0.2, 0.25) is 0 Å². The predicted molar refractivity (Wildman–Crippen MR) is 115 cm³/mol. The van der Waals surface area contributed by atoms with Crippen LogP contribution in [-0.4, -0.2) is 40.7 Å². The molecule has 168 valence electrons. The molecule has 0 saturated heterocycles. The van der Waals surface area contributed by atoms with Crippen LogP contribution in [0, 0.1) is 13.8 Å². The number of rotatable bonds is 8. The van der Waals surface area contributed by atoms with Gasteiger partial charge < -0.3 is 24.6 Å². The Balaban J connectivity index is 1.38. The van der Waals surface area contributed by atoms with E-state index in [4.69, 9.17) is 14.0 Å². The van der Waals surface area contributed by atoms with E-state index in [0.29, 0.717) is 35.8 Å². The summed E-state index contributed by atoms with van der Waals surface area (Å²) in [6.45, 7) is 6.33. The number of aromatic nitrogens is 2. The number of esters is 1. The Bertz CT molecular complexity index is 1080. The van der Waals surface area contributed by atoms with E-state index in [2.05, 4.69) is 20.8 Å². The molecule has 2 aromatic heterocycles. The van der Waals surface area contributed by atoms with Crippen molar-refractivity contribution in [3.8, 4) is 11.3 Å². The molecule has 4 rings (SSSR count). The van der Waals surface area contributed by atoms with Crippen LogP contribution < -0.4 is 10.6 Å². The van der Waals surface area contributed by atoms with Crippen molar-refractivity contribution in [1.29, 1.82) is 0 Å². The molecule has 2 aliphatic rings. The smallest absolute Gasteiger partial charge is 0.331 e. The molecular weight excluding hydrogens is 412 g/mol. The largest absolute Gasteiger partial charge is 0.474 e.